The number of nitrogens with zero attached hydrogens (tertiary/aromatic N) is 2. The number of pyridine rings is 1. The van der Waals surface area contributed by atoms with Gasteiger partial charge in [0, 0.05) is 25.0 Å². The number of phenols is 1. The van der Waals surface area contributed by atoms with Gasteiger partial charge in [0.15, 0.2) is 17.3 Å². The molecule has 0 radical (unpaired) electrons. The molecule has 1 aliphatic heterocycles. The third kappa shape index (κ3) is 3.58. The number of amides is 2. The quantitative estimate of drug-likeness (QED) is 0.728. The van der Waals surface area contributed by atoms with Crippen LogP contribution in [0.4, 0.5) is 9.18 Å². The van der Waals surface area contributed by atoms with E-state index < -0.39 is 22.7 Å². The van der Waals surface area contributed by atoms with Crippen LogP contribution in [0.25, 0.3) is 6.08 Å². The Bertz CT molecular complexity index is 921. The van der Waals surface area contributed by atoms with E-state index in [-0.39, 0.29) is 27.3 Å². The number of phenolic OH excluding ortho intramolecular Hbond substituents is 1. The molecule has 1 fully saturated rings. The second kappa shape index (κ2) is 7.46. The minimum Gasteiger partial charge on any atom is -0.502 e. The lowest BCUT2D eigenvalue weighted by Crippen LogP contribution is -2.22. The maximum absolute atomic E-state index is 14.3. The molecule has 2 amide bonds. The number of carbonyl (C=O) groups excluding carboxylic acids is 2. The normalized spacial score (nSPS) is 15.8. The van der Waals surface area contributed by atoms with Gasteiger partial charge in [-0.3, -0.25) is 19.5 Å². The van der Waals surface area contributed by atoms with E-state index in [4.69, 9.17) is 4.74 Å². The maximum Gasteiger partial charge on any atom is 0.293 e. The number of likely N-dealkylation sites (N-methyl/N-ethyl adjacent to an activating group) is 1. The van der Waals surface area contributed by atoms with Gasteiger partial charge in [-0.25, -0.2) is 4.39 Å². The summed E-state index contributed by atoms with van der Waals surface area (Å²) in [5.74, 6) is -2.13. The number of hydrogen-bond donors (Lipinski definition) is 1. The van der Waals surface area contributed by atoms with Gasteiger partial charge in [-0.15, -0.1) is 0 Å². The van der Waals surface area contributed by atoms with Gasteiger partial charge >= 0.3 is 0 Å². The lowest BCUT2D eigenvalue weighted by Gasteiger charge is -2.12. The molecule has 26 heavy (non-hydrogen) atoms. The van der Waals surface area contributed by atoms with Crippen LogP contribution in [0.1, 0.15) is 11.1 Å². The number of thioether (sulfide) groups is 1. The number of imide groups is 1. The van der Waals surface area contributed by atoms with Crippen molar-refractivity contribution in [2.75, 3.05) is 7.05 Å². The van der Waals surface area contributed by atoms with Gasteiger partial charge in [0.25, 0.3) is 11.1 Å². The number of benzene rings is 1. The fraction of sp³-hybridized carbons (Fsp3) is 0.118. The predicted molar refractivity (Wildman–Crippen MR) is 98.1 cm³/mol. The molecule has 9 heteroatoms. The molecule has 1 aromatic carbocycles. The van der Waals surface area contributed by atoms with Crippen molar-refractivity contribution in [1.82, 2.24) is 9.88 Å². The Balaban J connectivity index is 1.93. The zero-order valence-electron chi connectivity index (χ0n) is 13.4. The lowest BCUT2D eigenvalue weighted by atomic mass is 10.1. The summed E-state index contributed by atoms with van der Waals surface area (Å²) in [5, 5.41) is 9.56. The Hall–Kier alpha value is -2.39. The number of aromatic nitrogens is 1. The standard InChI is InChI=1S/C17H12BrFN2O4S/c1-21-16(23)12(26-17(21)24)6-10-5-11(15(22)14(19)13(10)18)25-8-9-3-2-4-20-7-9/h2-7,22H,8H2,1H3/b12-6-. The van der Waals surface area contributed by atoms with Gasteiger partial charge in [0.1, 0.15) is 6.61 Å². The monoisotopic (exact) mass is 438 g/mol. The van der Waals surface area contributed by atoms with Crippen molar-refractivity contribution in [2.24, 2.45) is 0 Å². The van der Waals surface area contributed by atoms with Gasteiger partial charge in [0.2, 0.25) is 0 Å². The van der Waals surface area contributed by atoms with E-state index in [0.29, 0.717) is 0 Å². The van der Waals surface area contributed by atoms with Crippen LogP contribution in [0.15, 0.2) is 40.0 Å². The van der Waals surface area contributed by atoms with Crippen molar-refractivity contribution >= 4 is 44.9 Å². The minimum atomic E-state index is -0.921. The average Bonchev–Trinajstić information content (AvgIpc) is 2.89. The number of halogens is 2. The molecule has 0 unspecified atom stereocenters. The number of aromatic hydroxyl groups is 1. The van der Waals surface area contributed by atoms with Crippen LogP contribution in [0, 0.1) is 5.82 Å². The molecule has 0 bridgehead atoms. The van der Waals surface area contributed by atoms with E-state index in [9.17, 15) is 19.1 Å². The molecule has 2 aromatic rings. The Kier molecular flexibility index (Phi) is 5.28. The molecular formula is C17H12BrFN2O4S. The molecule has 1 aromatic heterocycles. The number of ether oxygens (including phenoxy) is 1. The fourth-order valence-electron chi connectivity index (χ4n) is 2.16. The second-order valence-electron chi connectivity index (χ2n) is 5.33. The zero-order chi connectivity index (χ0) is 18.8. The molecule has 0 spiro atoms. The van der Waals surface area contributed by atoms with Crippen LogP contribution in [-0.2, 0) is 11.4 Å². The van der Waals surface area contributed by atoms with Gasteiger partial charge in [-0.05, 0) is 51.5 Å². The Morgan fingerprint density at radius 1 is 1.46 bits per heavy atom. The summed E-state index contributed by atoms with van der Waals surface area (Å²) in [5.41, 5.74) is 1.00. The third-order valence-corrected chi connectivity index (χ3v) is 5.33. The highest BCUT2D eigenvalue weighted by Crippen LogP contribution is 2.40. The second-order valence-corrected chi connectivity index (χ2v) is 7.12. The molecule has 0 saturated carbocycles. The first-order chi connectivity index (χ1) is 12.4. The first-order valence-corrected chi connectivity index (χ1v) is 8.93. The molecule has 6 nitrogen and oxygen atoms in total. The minimum absolute atomic E-state index is 0.0355. The highest BCUT2D eigenvalue weighted by molar-refractivity contribution is 9.10. The van der Waals surface area contributed by atoms with Crippen molar-refractivity contribution < 1.29 is 23.8 Å². The summed E-state index contributed by atoms with van der Waals surface area (Å²) in [6.07, 6.45) is 4.57. The SMILES string of the molecule is CN1C(=O)S/C(=C\c2cc(OCc3cccnc3)c(O)c(F)c2Br)C1=O. The molecule has 134 valence electrons. The summed E-state index contributed by atoms with van der Waals surface area (Å²) >= 11 is 3.81. The number of hydrogen-bond acceptors (Lipinski definition) is 6. The van der Waals surface area contributed by atoms with Crippen LogP contribution in [0.2, 0.25) is 0 Å². The number of carbonyl (C=O) groups is 2. The predicted octanol–water partition coefficient (Wildman–Crippen LogP) is 3.93. The number of rotatable bonds is 4. The summed E-state index contributed by atoms with van der Waals surface area (Å²) in [6, 6.07) is 4.90. The molecule has 0 aliphatic carbocycles. The van der Waals surface area contributed by atoms with Gasteiger partial charge in [-0.2, -0.15) is 0 Å². The lowest BCUT2D eigenvalue weighted by molar-refractivity contribution is -0.121. The summed E-state index contributed by atoms with van der Waals surface area (Å²) in [7, 11) is 1.37. The summed E-state index contributed by atoms with van der Waals surface area (Å²) < 4.78 is 19.8. The van der Waals surface area contributed by atoms with E-state index in [2.05, 4.69) is 20.9 Å². The molecule has 2 heterocycles. The Morgan fingerprint density at radius 2 is 2.23 bits per heavy atom. The smallest absolute Gasteiger partial charge is 0.293 e. The molecule has 1 aliphatic rings. The van der Waals surface area contributed by atoms with Crippen LogP contribution < -0.4 is 4.74 Å². The first-order valence-electron chi connectivity index (χ1n) is 7.32. The molecule has 3 rings (SSSR count). The van der Waals surface area contributed by atoms with Crippen LogP contribution in [-0.4, -0.2) is 33.2 Å². The molecule has 1 N–H and O–H groups in total. The van der Waals surface area contributed by atoms with E-state index >= 15 is 0 Å². The fourth-order valence-corrected chi connectivity index (χ4v) is 3.39. The van der Waals surface area contributed by atoms with Crippen molar-refractivity contribution in [3.8, 4) is 11.5 Å². The van der Waals surface area contributed by atoms with E-state index in [1.807, 2.05) is 0 Å². The van der Waals surface area contributed by atoms with Crippen molar-refractivity contribution in [3.05, 3.63) is 56.9 Å². The average molecular weight is 439 g/mol. The molecule has 0 atom stereocenters. The third-order valence-electron chi connectivity index (χ3n) is 3.56. The van der Waals surface area contributed by atoms with E-state index in [1.165, 1.54) is 19.2 Å². The van der Waals surface area contributed by atoms with Crippen molar-refractivity contribution in [3.63, 3.8) is 0 Å². The van der Waals surface area contributed by atoms with Crippen LogP contribution in [0.5, 0.6) is 11.5 Å². The summed E-state index contributed by atoms with van der Waals surface area (Å²) in [6.45, 7) is 0.0768. The Labute approximate surface area is 160 Å². The molecule has 1 saturated heterocycles. The first kappa shape index (κ1) is 18.4. The highest BCUT2D eigenvalue weighted by Gasteiger charge is 2.32. The largest absolute Gasteiger partial charge is 0.502 e. The molecular weight excluding hydrogens is 427 g/mol. The maximum atomic E-state index is 14.3. The van der Waals surface area contributed by atoms with E-state index in [0.717, 1.165) is 22.2 Å². The van der Waals surface area contributed by atoms with Gasteiger partial charge in [0.05, 0.1) is 9.38 Å². The van der Waals surface area contributed by atoms with E-state index in [1.54, 1.807) is 24.5 Å². The summed E-state index contributed by atoms with van der Waals surface area (Å²) in [4.78, 5) is 28.7. The van der Waals surface area contributed by atoms with Crippen molar-refractivity contribution in [2.45, 2.75) is 6.61 Å². The van der Waals surface area contributed by atoms with Crippen LogP contribution in [0.3, 0.4) is 0 Å². The highest BCUT2D eigenvalue weighted by atomic mass is 79.9. The van der Waals surface area contributed by atoms with Crippen molar-refractivity contribution in [1.29, 1.82) is 0 Å². The zero-order valence-corrected chi connectivity index (χ0v) is 15.8. The van der Waals surface area contributed by atoms with Gasteiger partial charge < -0.3 is 9.84 Å². The Morgan fingerprint density at radius 3 is 2.85 bits per heavy atom. The van der Waals surface area contributed by atoms with Gasteiger partial charge in [-0.1, -0.05) is 6.07 Å². The van der Waals surface area contributed by atoms with Crippen LogP contribution >= 0.6 is 27.7 Å². The topological polar surface area (TPSA) is 79.7 Å².